The van der Waals surface area contributed by atoms with Crippen molar-refractivity contribution in [2.45, 2.75) is 24.6 Å². The Balaban J connectivity index is 2.35. The van der Waals surface area contributed by atoms with Gasteiger partial charge in [0.2, 0.25) is 5.91 Å². The van der Waals surface area contributed by atoms with Crippen LogP contribution in [0.1, 0.15) is 13.3 Å². The summed E-state index contributed by atoms with van der Waals surface area (Å²) in [4.78, 5) is 11.6. The topological polar surface area (TPSA) is 83.5 Å². The van der Waals surface area contributed by atoms with Crippen molar-refractivity contribution in [3.63, 3.8) is 0 Å². The number of hydrogen-bond donors (Lipinski definition) is 2. The number of amides is 1. The Kier molecular flexibility index (Phi) is 5.07. The van der Waals surface area contributed by atoms with Gasteiger partial charge in [-0.1, -0.05) is 0 Å². The molecule has 0 aromatic heterocycles. The largest absolute Gasteiger partial charge is 0.396 e. The molecular weight excluding hydrogens is 250 g/mol. The van der Waals surface area contributed by atoms with Crippen molar-refractivity contribution in [3.8, 4) is 0 Å². The van der Waals surface area contributed by atoms with Gasteiger partial charge in [0, 0.05) is 11.8 Å². The molecule has 0 aliphatic carbocycles. The van der Waals surface area contributed by atoms with E-state index in [9.17, 15) is 13.2 Å². The highest BCUT2D eigenvalue weighted by Crippen LogP contribution is 2.14. The molecular formula is C9H17NO4S2. The first-order chi connectivity index (χ1) is 7.44. The van der Waals surface area contributed by atoms with Gasteiger partial charge in [-0.2, -0.15) is 0 Å². The van der Waals surface area contributed by atoms with Gasteiger partial charge in [0.05, 0.1) is 23.4 Å². The lowest BCUT2D eigenvalue weighted by molar-refractivity contribution is -0.120. The first-order valence-electron chi connectivity index (χ1n) is 5.18. The van der Waals surface area contributed by atoms with Crippen LogP contribution >= 0.6 is 11.8 Å². The van der Waals surface area contributed by atoms with Crippen LogP contribution in [0.3, 0.4) is 0 Å². The second kappa shape index (κ2) is 5.88. The van der Waals surface area contributed by atoms with E-state index in [-0.39, 0.29) is 35.3 Å². The van der Waals surface area contributed by atoms with Crippen LogP contribution < -0.4 is 5.32 Å². The molecule has 1 aliphatic heterocycles. The molecule has 0 radical (unpaired) electrons. The summed E-state index contributed by atoms with van der Waals surface area (Å²) < 4.78 is 22.3. The van der Waals surface area contributed by atoms with Crippen molar-refractivity contribution in [2.75, 3.05) is 23.9 Å². The first-order valence-corrected chi connectivity index (χ1v) is 8.05. The number of sulfone groups is 1. The van der Waals surface area contributed by atoms with E-state index in [2.05, 4.69) is 5.32 Å². The maximum atomic E-state index is 11.6. The molecule has 0 aromatic carbocycles. The van der Waals surface area contributed by atoms with Gasteiger partial charge >= 0.3 is 0 Å². The second-order valence-corrected chi connectivity index (χ2v) is 7.52. The van der Waals surface area contributed by atoms with Gasteiger partial charge in [0.1, 0.15) is 0 Å². The second-order valence-electron chi connectivity index (χ2n) is 3.85. The van der Waals surface area contributed by atoms with Gasteiger partial charge in [-0.05, 0) is 13.3 Å². The Morgan fingerprint density at radius 3 is 2.81 bits per heavy atom. The van der Waals surface area contributed by atoms with Crippen molar-refractivity contribution in [1.29, 1.82) is 0 Å². The smallest absolute Gasteiger partial charge is 0.233 e. The summed E-state index contributed by atoms with van der Waals surface area (Å²) in [6.45, 7) is 1.79. The minimum absolute atomic E-state index is 0.0418. The van der Waals surface area contributed by atoms with E-state index in [1.54, 1.807) is 6.92 Å². The van der Waals surface area contributed by atoms with Crippen molar-refractivity contribution in [2.24, 2.45) is 0 Å². The van der Waals surface area contributed by atoms with Gasteiger partial charge in [-0.25, -0.2) is 8.42 Å². The predicted octanol–water partition coefficient (Wildman–Crippen LogP) is -0.596. The van der Waals surface area contributed by atoms with E-state index in [1.165, 1.54) is 11.8 Å². The van der Waals surface area contributed by atoms with Gasteiger partial charge < -0.3 is 10.4 Å². The average Bonchev–Trinajstić information content (AvgIpc) is 2.54. The summed E-state index contributed by atoms with van der Waals surface area (Å²) in [5.41, 5.74) is 0. The minimum atomic E-state index is -2.95. The fourth-order valence-corrected chi connectivity index (χ4v) is 3.88. The van der Waals surface area contributed by atoms with E-state index in [1.807, 2.05) is 0 Å². The van der Waals surface area contributed by atoms with Crippen LogP contribution in [0.25, 0.3) is 0 Å². The zero-order chi connectivity index (χ0) is 12.2. The quantitative estimate of drug-likeness (QED) is 0.695. The first kappa shape index (κ1) is 13.8. The molecule has 16 heavy (non-hydrogen) atoms. The third-order valence-corrected chi connectivity index (χ3v) is 5.31. The number of carbonyl (C=O) groups is 1. The molecule has 2 atom stereocenters. The SMILES string of the molecule is C[C@H](SCCO)C(=O)N[C@H]1CCS(=O)(=O)C1. The van der Waals surface area contributed by atoms with Crippen molar-refractivity contribution in [3.05, 3.63) is 0 Å². The summed E-state index contributed by atoms with van der Waals surface area (Å²) in [5.74, 6) is 0.574. The van der Waals surface area contributed by atoms with E-state index in [0.29, 0.717) is 12.2 Å². The van der Waals surface area contributed by atoms with Crippen molar-refractivity contribution in [1.82, 2.24) is 5.32 Å². The molecule has 1 amide bonds. The zero-order valence-electron chi connectivity index (χ0n) is 9.18. The molecule has 0 aromatic rings. The number of thioether (sulfide) groups is 1. The van der Waals surface area contributed by atoms with Crippen LogP contribution in [0, 0.1) is 0 Å². The molecule has 0 unspecified atom stereocenters. The Labute approximate surface area is 99.9 Å². The molecule has 0 saturated carbocycles. The van der Waals surface area contributed by atoms with Crippen molar-refractivity contribution < 1.29 is 18.3 Å². The maximum Gasteiger partial charge on any atom is 0.233 e. The fourth-order valence-electron chi connectivity index (χ4n) is 1.53. The lowest BCUT2D eigenvalue weighted by Gasteiger charge is -2.15. The molecule has 1 heterocycles. The number of hydrogen-bond acceptors (Lipinski definition) is 5. The van der Waals surface area contributed by atoms with E-state index in [4.69, 9.17) is 5.11 Å². The molecule has 1 fully saturated rings. The van der Waals surface area contributed by atoms with E-state index in [0.717, 1.165) is 0 Å². The van der Waals surface area contributed by atoms with E-state index >= 15 is 0 Å². The molecule has 1 saturated heterocycles. The van der Waals surface area contributed by atoms with Crippen LogP contribution in [0.2, 0.25) is 0 Å². The Morgan fingerprint density at radius 1 is 1.62 bits per heavy atom. The molecule has 7 heteroatoms. The Bertz CT molecular complexity index is 341. The highest BCUT2D eigenvalue weighted by Gasteiger charge is 2.29. The minimum Gasteiger partial charge on any atom is -0.396 e. The van der Waals surface area contributed by atoms with Crippen LogP contribution in [-0.2, 0) is 14.6 Å². The van der Waals surface area contributed by atoms with Gasteiger partial charge in [0.15, 0.2) is 9.84 Å². The standard InChI is InChI=1S/C9H17NO4S2/c1-7(15-4-3-11)9(12)10-8-2-5-16(13,14)6-8/h7-8,11H,2-6H2,1H3,(H,10,12)/t7-,8-/m0/s1. The fraction of sp³-hybridized carbons (Fsp3) is 0.889. The summed E-state index contributed by atoms with van der Waals surface area (Å²) >= 11 is 1.36. The molecule has 2 N–H and O–H groups in total. The highest BCUT2D eigenvalue weighted by molar-refractivity contribution is 8.00. The molecule has 0 bridgehead atoms. The third-order valence-electron chi connectivity index (χ3n) is 2.41. The molecule has 1 rings (SSSR count). The lowest BCUT2D eigenvalue weighted by atomic mass is 10.2. The van der Waals surface area contributed by atoms with Gasteiger partial charge in [0.25, 0.3) is 0 Å². The van der Waals surface area contributed by atoms with Gasteiger partial charge in [-0.15, -0.1) is 11.8 Å². The predicted molar refractivity (Wildman–Crippen MR) is 64.2 cm³/mol. The number of nitrogens with one attached hydrogen (secondary N) is 1. The van der Waals surface area contributed by atoms with Crippen LogP contribution in [-0.4, -0.2) is 54.6 Å². The van der Waals surface area contributed by atoms with Crippen LogP contribution in [0.4, 0.5) is 0 Å². The lowest BCUT2D eigenvalue weighted by Crippen LogP contribution is -2.40. The molecule has 5 nitrogen and oxygen atoms in total. The average molecular weight is 267 g/mol. The van der Waals surface area contributed by atoms with E-state index < -0.39 is 9.84 Å². The van der Waals surface area contributed by atoms with Crippen LogP contribution in [0.15, 0.2) is 0 Å². The number of carbonyl (C=O) groups excluding carboxylic acids is 1. The molecule has 94 valence electrons. The normalized spacial score (nSPS) is 25.2. The molecule has 1 aliphatic rings. The van der Waals surface area contributed by atoms with Crippen LogP contribution in [0.5, 0.6) is 0 Å². The Morgan fingerprint density at radius 2 is 2.31 bits per heavy atom. The summed E-state index contributed by atoms with van der Waals surface area (Å²) in [7, 11) is -2.95. The number of aliphatic hydroxyl groups is 1. The highest BCUT2D eigenvalue weighted by atomic mass is 32.2. The van der Waals surface area contributed by atoms with Gasteiger partial charge in [-0.3, -0.25) is 4.79 Å². The monoisotopic (exact) mass is 267 g/mol. The maximum absolute atomic E-state index is 11.6. The number of rotatable bonds is 5. The Hall–Kier alpha value is -0.270. The molecule has 0 spiro atoms. The summed E-state index contributed by atoms with van der Waals surface area (Å²) in [6, 6.07) is -0.241. The summed E-state index contributed by atoms with van der Waals surface area (Å²) in [5, 5.41) is 11.1. The number of aliphatic hydroxyl groups excluding tert-OH is 1. The zero-order valence-corrected chi connectivity index (χ0v) is 10.8. The summed E-state index contributed by atoms with van der Waals surface area (Å²) in [6.07, 6.45) is 0.505. The third kappa shape index (κ3) is 4.31. The van der Waals surface area contributed by atoms with Crippen molar-refractivity contribution >= 4 is 27.5 Å².